The van der Waals surface area contributed by atoms with Crippen LogP contribution < -0.4 is 4.74 Å². The highest BCUT2D eigenvalue weighted by molar-refractivity contribution is 9.10. The van der Waals surface area contributed by atoms with Crippen LogP contribution in [0.25, 0.3) is 11.5 Å². The van der Waals surface area contributed by atoms with Crippen LogP contribution in [0.4, 0.5) is 0 Å². The summed E-state index contributed by atoms with van der Waals surface area (Å²) >= 11 is 3.45. The minimum absolute atomic E-state index is 0.157. The first-order valence-corrected chi connectivity index (χ1v) is 7.40. The van der Waals surface area contributed by atoms with Gasteiger partial charge < -0.3 is 13.9 Å². The molecule has 0 aliphatic carbocycles. The van der Waals surface area contributed by atoms with Gasteiger partial charge in [-0.25, -0.2) is 9.78 Å². The maximum absolute atomic E-state index is 11.9. The maximum Gasteiger partial charge on any atom is 0.376 e. The van der Waals surface area contributed by atoms with E-state index in [1.54, 1.807) is 20.1 Å². The molecule has 0 atom stereocenters. The first-order valence-electron chi connectivity index (χ1n) is 6.61. The number of ether oxygens (including phenoxy) is 2. The molecule has 1 aromatic carbocycles. The molecule has 0 unspecified atom stereocenters. The summed E-state index contributed by atoms with van der Waals surface area (Å²) in [5, 5.41) is 0. The van der Waals surface area contributed by atoms with E-state index in [9.17, 15) is 4.79 Å². The second kappa shape index (κ2) is 6.76. The Bertz CT molecular complexity index is 651. The molecule has 6 heteroatoms. The highest BCUT2D eigenvalue weighted by Gasteiger charge is 2.22. The number of carbonyl (C=O) groups excluding carboxylic acids is 1. The normalized spacial score (nSPS) is 10.5. The summed E-state index contributed by atoms with van der Waals surface area (Å²) in [7, 11) is 1.59. The van der Waals surface area contributed by atoms with Crippen molar-refractivity contribution in [3.8, 4) is 17.2 Å². The number of oxazole rings is 1. The van der Waals surface area contributed by atoms with Crippen LogP contribution in [0.5, 0.6) is 5.75 Å². The first kappa shape index (κ1) is 15.6. The lowest BCUT2D eigenvalue weighted by Crippen LogP contribution is -2.05. The third-order valence-electron chi connectivity index (χ3n) is 2.90. The van der Waals surface area contributed by atoms with Gasteiger partial charge in [0.05, 0.1) is 25.0 Å². The molecule has 0 N–H and O–H groups in total. The Morgan fingerprint density at radius 3 is 2.76 bits per heavy atom. The van der Waals surface area contributed by atoms with E-state index < -0.39 is 5.97 Å². The minimum Gasteiger partial charge on any atom is -0.497 e. The molecule has 112 valence electrons. The number of halogens is 1. The van der Waals surface area contributed by atoms with E-state index in [1.807, 2.05) is 19.1 Å². The molecule has 0 bridgehead atoms. The van der Waals surface area contributed by atoms with Crippen LogP contribution in [0, 0.1) is 0 Å². The van der Waals surface area contributed by atoms with Gasteiger partial charge >= 0.3 is 5.97 Å². The highest BCUT2D eigenvalue weighted by atomic mass is 79.9. The fourth-order valence-electron chi connectivity index (χ4n) is 1.86. The second-order valence-corrected chi connectivity index (χ2v) is 5.07. The van der Waals surface area contributed by atoms with Gasteiger partial charge in [-0.1, -0.05) is 6.92 Å². The quantitative estimate of drug-likeness (QED) is 0.764. The Kier molecular flexibility index (Phi) is 5.01. The summed E-state index contributed by atoms with van der Waals surface area (Å²) in [6.45, 7) is 3.95. The van der Waals surface area contributed by atoms with E-state index in [-0.39, 0.29) is 5.76 Å². The molecule has 2 rings (SSSR count). The fraction of sp³-hybridized carbons (Fsp3) is 0.333. The third kappa shape index (κ3) is 3.26. The summed E-state index contributed by atoms with van der Waals surface area (Å²) < 4.78 is 16.6. The molecule has 0 fully saturated rings. The number of methoxy groups -OCH3 is 1. The van der Waals surface area contributed by atoms with Crippen molar-refractivity contribution in [1.29, 1.82) is 0 Å². The number of carbonyl (C=O) groups is 1. The lowest BCUT2D eigenvalue weighted by Gasteiger charge is -2.03. The molecule has 1 heterocycles. The van der Waals surface area contributed by atoms with Gasteiger partial charge in [-0.2, -0.15) is 0 Å². The first-order chi connectivity index (χ1) is 10.1. The van der Waals surface area contributed by atoms with Crippen LogP contribution in [0.1, 0.15) is 30.1 Å². The van der Waals surface area contributed by atoms with Crippen molar-refractivity contribution in [3.05, 3.63) is 34.1 Å². The van der Waals surface area contributed by atoms with Gasteiger partial charge in [0.25, 0.3) is 0 Å². The Balaban J connectivity index is 2.48. The predicted molar refractivity (Wildman–Crippen MR) is 81.5 cm³/mol. The van der Waals surface area contributed by atoms with Crippen molar-refractivity contribution < 1.29 is 18.7 Å². The molecule has 0 amide bonds. The zero-order chi connectivity index (χ0) is 15.4. The summed E-state index contributed by atoms with van der Waals surface area (Å²) in [5.74, 6) is 0.707. The second-order valence-electron chi connectivity index (χ2n) is 4.21. The summed E-state index contributed by atoms with van der Waals surface area (Å²) in [4.78, 5) is 16.3. The number of aromatic nitrogens is 1. The highest BCUT2D eigenvalue weighted by Crippen LogP contribution is 2.32. The predicted octanol–water partition coefficient (Wildman–Crippen LogP) is 3.85. The van der Waals surface area contributed by atoms with Crippen molar-refractivity contribution in [3.63, 3.8) is 0 Å². The van der Waals surface area contributed by atoms with Crippen LogP contribution in [0.2, 0.25) is 0 Å². The third-order valence-corrected chi connectivity index (χ3v) is 3.59. The number of hydrogen-bond donors (Lipinski definition) is 0. The van der Waals surface area contributed by atoms with E-state index in [2.05, 4.69) is 20.9 Å². The lowest BCUT2D eigenvalue weighted by molar-refractivity contribution is 0.0489. The van der Waals surface area contributed by atoms with Crippen molar-refractivity contribution in [1.82, 2.24) is 4.98 Å². The van der Waals surface area contributed by atoms with Gasteiger partial charge in [0.15, 0.2) is 0 Å². The monoisotopic (exact) mass is 353 g/mol. The van der Waals surface area contributed by atoms with E-state index >= 15 is 0 Å². The zero-order valence-electron chi connectivity index (χ0n) is 12.1. The SMILES string of the molecule is CCOC(=O)c1oc(-c2cc(OC)ccc2Br)nc1CC. The van der Waals surface area contributed by atoms with Crippen molar-refractivity contribution >= 4 is 21.9 Å². The van der Waals surface area contributed by atoms with Gasteiger partial charge in [0.2, 0.25) is 11.7 Å². The standard InChI is InChI=1S/C15H16BrNO4/c1-4-12-13(15(18)20-5-2)21-14(17-12)10-8-9(19-3)6-7-11(10)16/h6-8H,4-5H2,1-3H3. The van der Waals surface area contributed by atoms with Crippen molar-refractivity contribution in [2.45, 2.75) is 20.3 Å². The number of esters is 1. The molecule has 0 saturated heterocycles. The molecule has 0 saturated carbocycles. The molecule has 1 aromatic heterocycles. The van der Waals surface area contributed by atoms with Crippen LogP contribution in [-0.2, 0) is 11.2 Å². The lowest BCUT2D eigenvalue weighted by atomic mass is 10.2. The molecule has 0 aliphatic heterocycles. The van der Waals surface area contributed by atoms with E-state index in [0.717, 1.165) is 10.0 Å². The average Bonchev–Trinajstić information content (AvgIpc) is 2.92. The molecule has 0 spiro atoms. The van der Waals surface area contributed by atoms with Crippen molar-refractivity contribution in [2.24, 2.45) is 0 Å². The Morgan fingerprint density at radius 1 is 1.38 bits per heavy atom. The Labute approximate surface area is 131 Å². The Hall–Kier alpha value is -1.82. The van der Waals surface area contributed by atoms with E-state index in [0.29, 0.717) is 30.4 Å². The van der Waals surface area contributed by atoms with Gasteiger partial charge in [0, 0.05) is 4.47 Å². The number of nitrogens with zero attached hydrogens (tertiary/aromatic N) is 1. The molecule has 21 heavy (non-hydrogen) atoms. The maximum atomic E-state index is 11.9. The fourth-order valence-corrected chi connectivity index (χ4v) is 2.27. The van der Waals surface area contributed by atoms with Gasteiger partial charge in [-0.05, 0) is 47.5 Å². The summed E-state index contributed by atoms with van der Waals surface area (Å²) in [6, 6.07) is 5.46. The number of benzene rings is 1. The number of aryl methyl sites for hydroxylation is 1. The van der Waals surface area contributed by atoms with Gasteiger partial charge in [-0.15, -0.1) is 0 Å². The summed E-state index contributed by atoms with van der Waals surface area (Å²) in [5.41, 5.74) is 1.30. The van der Waals surface area contributed by atoms with Crippen LogP contribution in [0.3, 0.4) is 0 Å². The van der Waals surface area contributed by atoms with Gasteiger partial charge in [0.1, 0.15) is 5.75 Å². The Morgan fingerprint density at radius 2 is 2.14 bits per heavy atom. The molecular weight excluding hydrogens is 338 g/mol. The van der Waals surface area contributed by atoms with E-state index in [4.69, 9.17) is 13.9 Å². The molecule has 0 aliphatic rings. The van der Waals surface area contributed by atoms with Gasteiger partial charge in [-0.3, -0.25) is 0 Å². The molecule has 2 aromatic rings. The van der Waals surface area contributed by atoms with Crippen LogP contribution in [0.15, 0.2) is 27.1 Å². The molecule has 5 nitrogen and oxygen atoms in total. The molecule has 0 radical (unpaired) electrons. The number of rotatable bonds is 5. The minimum atomic E-state index is -0.493. The smallest absolute Gasteiger partial charge is 0.376 e. The topological polar surface area (TPSA) is 61.6 Å². The van der Waals surface area contributed by atoms with Crippen LogP contribution in [-0.4, -0.2) is 24.7 Å². The number of hydrogen-bond acceptors (Lipinski definition) is 5. The largest absolute Gasteiger partial charge is 0.497 e. The van der Waals surface area contributed by atoms with Crippen LogP contribution >= 0.6 is 15.9 Å². The van der Waals surface area contributed by atoms with E-state index in [1.165, 1.54) is 0 Å². The van der Waals surface area contributed by atoms with Crippen molar-refractivity contribution in [2.75, 3.05) is 13.7 Å². The molecular formula is C15H16BrNO4. The average molecular weight is 354 g/mol. The summed E-state index contributed by atoms with van der Waals surface area (Å²) in [6.07, 6.45) is 0.583. The zero-order valence-corrected chi connectivity index (χ0v) is 13.7.